The van der Waals surface area contributed by atoms with Crippen LogP contribution in [-0.2, 0) is 0 Å². The van der Waals surface area contributed by atoms with E-state index < -0.39 is 0 Å². The van der Waals surface area contributed by atoms with Gasteiger partial charge in [-0.2, -0.15) is 0 Å². The lowest BCUT2D eigenvalue weighted by Gasteiger charge is -2.18. The molecule has 0 saturated heterocycles. The molecular weight excluding hydrogens is 312 g/mol. The molecule has 0 fully saturated rings. The first-order chi connectivity index (χ1) is 8.61. The molecule has 0 bridgehead atoms. The quantitative estimate of drug-likeness (QED) is 0.662. The van der Waals surface area contributed by atoms with Crippen molar-refractivity contribution in [2.45, 2.75) is 13.0 Å². The Morgan fingerprint density at radius 3 is 2.50 bits per heavy atom. The average Bonchev–Trinajstić information content (AvgIpc) is 2.35. The predicted molar refractivity (Wildman–Crippen MR) is 79.5 cm³/mol. The van der Waals surface area contributed by atoms with Crippen LogP contribution in [-0.4, -0.2) is 0 Å². The Labute approximate surface area is 120 Å². The highest BCUT2D eigenvalue weighted by Crippen LogP contribution is 2.27. The van der Waals surface area contributed by atoms with E-state index in [-0.39, 0.29) is 6.04 Å². The summed E-state index contributed by atoms with van der Waals surface area (Å²) in [6, 6.07) is 14.0. The highest BCUT2D eigenvalue weighted by atomic mass is 79.9. The van der Waals surface area contributed by atoms with Gasteiger partial charge in [0.2, 0.25) is 0 Å². The maximum Gasteiger partial charge on any atom is 0.0711 e. The van der Waals surface area contributed by atoms with Gasteiger partial charge in [0.15, 0.2) is 0 Å². The molecule has 1 unspecified atom stereocenters. The van der Waals surface area contributed by atoms with E-state index in [1.807, 2.05) is 49.4 Å². The van der Waals surface area contributed by atoms with E-state index in [1.165, 1.54) is 0 Å². The molecule has 18 heavy (non-hydrogen) atoms. The van der Waals surface area contributed by atoms with E-state index in [1.54, 1.807) is 0 Å². The molecule has 94 valence electrons. The van der Waals surface area contributed by atoms with Crippen molar-refractivity contribution in [3.05, 3.63) is 68.7 Å². The molecule has 2 rings (SSSR count). The van der Waals surface area contributed by atoms with E-state index in [0.29, 0.717) is 0 Å². The highest BCUT2D eigenvalue weighted by Gasteiger charge is 2.13. The van der Waals surface area contributed by atoms with Crippen molar-refractivity contribution < 1.29 is 0 Å². The summed E-state index contributed by atoms with van der Waals surface area (Å²) in [6.45, 7) is 1.98. The van der Waals surface area contributed by atoms with Gasteiger partial charge in [0.1, 0.15) is 0 Å². The van der Waals surface area contributed by atoms with Gasteiger partial charge in [-0.05, 0) is 41.8 Å². The molecule has 0 radical (unpaired) electrons. The minimum atomic E-state index is -0.0689. The monoisotopic (exact) mass is 324 g/mol. The van der Waals surface area contributed by atoms with E-state index in [0.717, 1.165) is 26.2 Å². The maximum absolute atomic E-state index is 6.16. The third-order valence-electron chi connectivity index (χ3n) is 2.88. The lowest BCUT2D eigenvalue weighted by Crippen LogP contribution is -2.28. The average molecular weight is 326 g/mol. The van der Waals surface area contributed by atoms with Crippen molar-refractivity contribution in [2.24, 2.45) is 5.84 Å². The fraction of sp³-hybridized carbons (Fsp3) is 0.143. The molecule has 0 spiro atoms. The van der Waals surface area contributed by atoms with Crippen LogP contribution in [0.3, 0.4) is 0 Å². The topological polar surface area (TPSA) is 38.0 Å². The molecule has 3 N–H and O–H groups in total. The van der Waals surface area contributed by atoms with Gasteiger partial charge in [-0.1, -0.05) is 51.8 Å². The summed E-state index contributed by atoms with van der Waals surface area (Å²) in [5.74, 6) is 5.67. The highest BCUT2D eigenvalue weighted by molar-refractivity contribution is 9.10. The minimum absolute atomic E-state index is 0.0689. The molecule has 2 aromatic carbocycles. The number of rotatable bonds is 3. The predicted octanol–water partition coefficient (Wildman–Crippen LogP) is 3.96. The Balaban J connectivity index is 2.42. The standard InChI is InChI=1S/C14H14BrClN2/c1-9-5-6-11(8-13(9)16)14(18-17)10-3-2-4-12(15)7-10/h2-8,14,18H,17H2,1H3. The maximum atomic E-state index is 6.16. The molecule has 0 heterocycles. The first kappa shape index (κ1) is 13.6. The van der Waals surface area contributed by atoms with Crippen LogP contribution in [0, 0.1) is 6.92 Å². The number of nitrogens with one attached hydrogen (secondary N) is 1. The van der Waals surface area contributed by atoms with Gasteiger partial charge >= 0.3 is 0 Å². The van der Waals surface area contributed by atoms with Crippen LogP contribution in [0.4, 0.5) is 0 Å². The lowest BCUT2D eigenvalue weighted by molar-refractivity contribution is 0.636. The Morgan fingerprint density at radius 1 is 1.17 bits per heavy atom. The number of aryl methyl sites for hydroxylation is 1. The van der Waals surface area contributed by atoms with Gasteiger partial charge in [-0.25, -0.2) is 5.43 Å². The van der Waals surface area contributed by atoms with Crippen LogP contribution in [0.15, 0.2) is 46.9 Å². The largest absolute Gasteiger partial charge is 0.271 e. The number of hydrogen-bond donors (Lipinski definition) is 2. The second-order valence-electron chi connectivity index (χ2n) is 4.16. The molecular formula is C14H14BrClN2. The fourth-order valence-corrected chi connectivity index (χ4v) is 2.47. The van der Waals surface area contributed by atoms with Crippen molar-refractivity contribution in [2.75, 3.05) is 0 Å². The van der Waals surface area contributed by atoms with Crippen molar-refractivity contribution in [1.82, 2.24) is 5.43 Å². The van der Waals surface area contributed by atoms with Crippen LogP contribution in [0.25, 0.3) is 0 Å². The number of nitrogens with two attached hydrogens (primary N) is 1. The molecule has 0 aliphatic heterocycles. The molecule has 4 heteroatoms. The van der Waals surface area contributed by atoms with E-state index >= 15 is 0 Å². The normalized spacial score (nSPS) is 12.4. The van der Waals surface area contributed by atoms with Gasteiger partial charge in [-0.15, -0.1) is 0 Å². The van der Waals surface area contributed by atoms with Gasteiger partial charge in [0.05, 0.1) is 6.04 Å². The summed E-state index contributed by atoms with van der Waals surface area (Å²) in [7, 11) is 0. The number of hydrogen-bond acceptors (Lipinski definition) is 2. The third kappa shape index (κ3) is 2.93. The molecule has 0 aliphatic rings. The fourth-order valence-electron chi connectivity index (χ4n) is 1.86. The first-order valence-electron chi connectivity index (χ1n) is 5.59. The van der Waals surface area contributed by atoms with Crippen LogP contribution >= 0.6 is 27.5 Å². The van der Waals surface area contributed by atoms with E-state index in [9.17, 15) is 0 Å². The van der Waals surface area contributed by atoms with Crippen LogP contribution in [0.2, 0.25) is 5.02 Å². The first-order valence-corrected chi connectivity index (χ1v) is 6.76. The summed E-state index contributed by atoms with van der Waals surface area (Å²) in [5, 5.41) is 0.753. The molecule has 1 atom stereocenters. The molecule has 0 aromatic heterocycles. The zero-order chi connectivity index (χ0) is 13.1. The van der Waals surface area contributed by atoms with Crippen LogP contribution in [0.1, 0.15) is 22.7 Å². The second kappa shape index (κ2) is 5.85. The molecule has 0 aliphatic carbocycles. The second-order valence-corrected chi connectivity index (χ2v) is 5.49. The van der Waals surface area contributed by atoms with Crippen LogP contribution < -0.4 is 11.3 Å². The number of benzene rings is 2. The summed E-state index contributed by atoms with van der Waals surface area (Å²) >= 11 is 9.62. The summed E-state index contributed by atoms with van der Waals surface area (Å²) in [4.78, 5) is 0. The molecule has 2 aromatic rings. The van der Waals surface area contributed by atoms with Gasteiger partial charge in [-0.3, -0.25) is 5.84 Å². The zero-order valence-electron chi connectivity index (χ0n) is 9.95. The Kier molecular flexibility index (Phi) is 4.40. The van der Waals surface area contributed by atoms with Crippen molar-refractivity contribution >= 4 is 27.5 Å². The van der Waals surface area contributed by atoms with Crippen molar-refractivity contribution in [3.63, 3.8) is 0 Å². The Bertz CT molecular complexity index is 557. The minimum Gasteiger partial charge on any atom is -0.271 e. The Morgan fingerprint density at radius 2 is 1.89 bits per heavy atom. The van der Waals surface area contributed by atoms with E-state index in [2.05, 4.69) is 21.4 Å². The third-order valence-corrected chi connectivity index (χ3v) is 3.78. The molecule has 2 nitrogen and oxygen atoms in total. The molecule has 0 amide bonds. The van der Waals surface area contributed by atoms with Gasteiger partial charge < -0.3 is 0 Å². The lowest BCUT2D eigenvalue weighted by atomic mass is 9.98. The smallest absolute Gasteiger partial charge is 0.0711 e. The number of halogens is 2. The summed E-state index contributed by atoms with van der Waals surface area (Å²) in [6.07, 6.45) is 0. The number of hydrazine groups is 1. The van der Waals surface area contributed by atoms with Crippen LogP contribution in [0.5, 0.6) is 0 Å². The summed E-state index contributed by atoms with van der Waals surface area (Å²) in [5.41, 5.74) is 6.03. The SMILES string of the molecule is Cc1ccc(C(NN)c2cccc(Br)c2)cc1Cl. The molecule has 0 saturated carbocycles. The summed E-state index contributed by atoms with van der Waals surface area (Å²) < 4.78 is 1.03. The Hall–Kier alpha value is -0.870. The van der Waals surface area contributed by atoms with E-state index in [4.69, 9.17) is 17.4 Å². The van der Waals surface area contributed by atoms with Crippen molar-refractivity contribution in [1.29, 1.82) is 0 Å². The van der Waals surface area contributed by atoms with Crippen molar-refractivity contribution in [3.8, 4) is 0 Å². The van der Waals surface area contributed by atoms with Gasteiger partial charge in [0, 0.05) is 9.50 Å². The van der Waals surface area contributed by atoms with Gasteiger partial charge in [0.25, 0.3) is 0 Å². The zero-order valence-corrected chi connectivity index (χ0v) is 12.3.